The van der Waals surface area contributed by atoms with Crippen molar-refractivity contribution >= 4 is 5.69 Å². The SMILES string of the molecule is COc1cc(N)cc(Oc2ccc3c(c2)OCO3)c1. The molecule has 2 N–H and O–H groups in total. The molecule has 2 aromatic rings. The fraction of sp³-hybridized carbons (Fsp3) is 0.143. The Kier molecular flexibility index (Phi) is 2.79. The molecule has 0 saturated heterocycles. The lowest BCUT2D eigenvalue weighted by molar-refractivity contribution is 0.174. The highest BCUT2D eigenvalue weighted by Gasteiger charge is 2.14. The normalized spacial score (nSPS) is 12.3. The first-order valence-corrected chi connectivity index (χ1v) is 5.76. The number of nitrogen functional groups attached to an aromatic ring is 1. The summed E-state index contributed by atoms with van der Waals surface area (Å²) in [5.41, 5.74) is 6.35. The minimum absolute atomic E-state index is 0.241. The maximum absolute atomic E-state index is 5.77. The first-order valence-electron chi connectivity index (χ1n) is 5.76. The van der Waals surface area contributed by atoms with Crippen LogP contribution in [0.3, 0.4) is 0 Å². The van der Waals surface area contributed by atoms with Crippen LogP contribution >= 0.6 is 0 Å². The molecular weight excluding hydrogens is 246 g/mol. The van der Waals surface area contributed by atoms with Crippen LogP contribution in [0.25, 0.3) is 0 Å². The average Bonchev–Trinajstić information content (AvgIpc) is 2.85. The van der Waals surface area contributed by atoms with Crippen molar-refractivity contribution in [2.45, 2.75) is 0 Å². The number of ether oxygens (including phenoxy) is 4. The highest BCUT2D eigenvalue weighted by Crippen LogP contribution is 2.37. The summed E-state index contributed by atoms with van der Waals surface area (Å²) in [5, 5.41) is 0. The molecule has 1 heterocycles. The van der Waals surface area contributed by atoms with Gasteiger partial charge in [0.15, 0.2) is 11.5 Å². The quantitative estimate of drug-likeness (QED) is 0.859. The molecule has 98 valence electrons. The van der Waals surface area contributed by atoms with Gasteiger partial charge in [-0.15, -0.1) is 0 Å². The van der Waals surface area contributed by atoms with E-state index < -0.39 is 0 Å². The maximum Gasteiger partial charge on any atom is 0.231 e. The van der Waals surface area contributed by atoms with E-state index in [1.807, 2.05) is 6.07 Å². The summed E-state index contributed by atoms with van der Waals surface area (Å²) in [4.78, 5) is 0. The van der Waals surface area contributed by atoms with Gasteiger partial charge in [-0.2, -0.15) is 0 Å². The lowest BCUT2D eigenvalue weighted by atomic mass is 10.2. The van der Waals surface area contributed by atoms with Crippen LogP contribution in [-0.2, 0) is 0 Å². The van der Waals surface area contributed by atoms with E-state index >= 15 is 0 Å². The molecule has 0 aromatic heterocycles. The summed E-state index contributed by atoms with van der Waals surface area (Å²) in [7, 11) is 1.58. The third kappa shape index (κ3) is 2.35. The Bertz CT molecular complexity index is 612. The Hall–Kier alpha value is -2.56. The molecule has 1 aliphatic rings. The second-order valence-corrected chi connectivity index (χ2v) is 4.06. The van der Waals surface area contributed by atoms with E-state index in [2.05, 4.69) is 0 Å². The first kappa shape index (κ1) is 11.5. The maximum atomic E-state index is 5.77. The highest BCUT2D eigenvalue weighted by atomic mass is 16.7. The Morgan fingerprint density at radius 2 is 1.74 bits per heavy atom. The van der Waals surface area contributed by atoms with Crippen LogP contribution in [0.2, 0.25) is 0 Å². The van der Waals surface area contributed by atoms with Gasteiger partial charge in [0.25, 0.3) is 0 Å². The first-order chi connectivity index (χ1) is 9.24. The average molecular weight is 259 g/mol. The minimum Gasteiger partial charge on any atom is -0.497 e. The number of hydrogen-bond donors (Lipinski definition) is 1. The van der Waals surface area contributed by atoms with Gasteiger partial charge in [0.1, 0.15) is 17.2 Å². The van der Waals surface area contributed by atoms with Crippen LogP contribution in [0, 0.1) is 0 Å². The molecule has 0 saturated carbocycles. The van der Waals surface area contributed by atoms with Crippen LogP contribution in [0.15, 0.2) is 36.4 Å². The number of nitrogens with two attached hydrogens (primary N) is 1. The predicted molar refractivity (Wildman–Crippen MR) is 70.0 cm³/mol. The number of hydrogen-bond acceptors (Lipinski definition) is 5. The van der Waals surface area contributed by atoms with Crippen LogP contribution in [0.5, 0.6) is 28.7 Å². The fourth-order valence-corrected chi connectivity index (χ4v) is 1.85. The van der Waals surface area contributed by atoms with E-state index in [1.54, 1.807) is 37.4 Å². The van der Waals surface area contributed by atoms with Crippen LogP contribution < -0.4 is 24.7 Å². The van der Waals surface area contributed by atoms with E-state index in [-0.39, 0.29) is 6.79 Å². The highest BCUT2D eigenvalue weighted by molar-refractivity contribution is 5.53. The Balaban J connectivity index is 1.86. The summed E-state index contributed by atoms with van der Waals surface area (Å²) >= 11 is 0. The summed E-state index contributed by atoms with van der Waals surface area (Å²) in [6, 6.07) is 10.6. The van der Waals surface area contributed by atoms with Crippen LogP contribution in [0.4, 0.5) is 5.69 Å². The lowest BCUT2D eigenvalue weighted by Gasteiger charge is -2.09. The number of benzene rings is 2. The molecule has 0 radical (unpaired) electrons. The van der Waals surface area contributed by atoms with Crippen LogP contribution in [0.1, 0.15) is 0 Å². The molecule has 0 spiro atoms. The van der Waals surface area contributed by atoms with Gasteiger partial charge in [-0.05, 0) is 12.1 Å². The molecule has 0 aliphatic carbocycles. The molecule has 0 unspecified atom stereocenters. The Morgan fingerprint density at radius 1 is 0.947 bits per heavy atom. The molecule has 0 atom stereocenters. The number of anilines is 1. The van der Waals surface area contributed by atoms with Crippen molar-refractivity contribution < 1.29 is 18.9 Å². The van der Waals surface area contributed by atoms with E-state index in [0.29, 0.717) is 28.7 Å². The molecule has 0 amide bonds. The van der Waals surface area contributed by atoms with Crippen molar-refractivity contribution in [3.05, 3.63) is 36.4 Å². The molecule has 3 rings (SSSR count). The van der Waals surface area contributed by atoms with E-state index in [4.69, 9.17) is 24.7 Å². The summed E-state index contributed by atoms with van der Waals surface area (Å²) < 4.78 is 21.4. The lowest BCUT2D eigenvalue weighted by Crippen LogP contribution is -1.93. The number of methoxy groups -OCH3 is 1. The van der Waals surface area contributed by atoms with Gasteiger partial charge in [0.2, 0.25) is 6.79 Å². The second kappa shape index (κ2) is 4.61. The van der Waals surface area contributed by atoms with Gasteiger partial charge in [-0.3, -0.25) is 0 Å². The van der Waals surface area contributed by atoms with Crippen molar-refractivity contribution in [3.63, 3.8) is 0 Å². The third-order valence-corrected chi connectivity index (χ3v) is 2.72. The third-order valence-electron chi connectivity index (χ3n) is 2.72. The molecule has 5 nitrogen and oxygen atoms in total. The topological polar surface area (TPSA) is 62.9 Å². The van der Waals surface area contributed by atoms with Gasteiger partial charge >= 0.3 is 0 Å². The Labute approximate surface area is 110 Å². The Morgan fingerprint density at radius 3 is 2.58 bits per heavy atom. The van der Waals surface area contributed by atoms with Gasteiger partial charge in [0, 0.05) is 30.0 Å². The molecule has 5 heteroatoms. The molecular formula is C14H13NO4. The van der Waals surface area contributed by atoms with Crippen molar-refractivity contribution in [2.24, 2.45) is 0 Å². The second-order valence-electron chi connectivity index (χ2n) is 4.06. The zero-order valence-corrected chi connectivity index (χ0v) is 10.4. The fourth-order valence-electron chi connectivity index (χ4n) is 1.85. The standard InChI is InChI=1S/C14H13NO4/c1-16-11-4-9(15)5-12(6-11)19-10-2-3-13-14(7-10)18-8-17-13/h2-7H,8,15H2,1H3. The zero-order chi connectivity index (χ0) is 13.2. The van der Waals surface area contributed by atoms with E-state index in [0.717, 1.165) is 5.75 Å². The largest absolute Gasteiger partial charge is 0.497 e. The minimum atomic E-state index is 0.241. The molecule has 2 aromatic carbocycles. The van der Waals surface area contributed by atoms with Gasteiger partial charge in [-0.25, -0.2) is 0 Å². The molecule has 19 heavy (non-hydrogen) atoms. The summed E-state index contributed by atoms with van der Waals surface area (Å²) in [5.74, 6) is 3.30. The zero-order valence-electron chi connectivity index (χ0n) is 10.4. The van der Waals surface area contributed by atoms with Gasteiger partial charge in [-0.1, -0.05) is 0 Å². The number of rotatable bonds is 3. The van der Waals surface area contributed by atoms with Crippen molar-refractivity contribution in [1.29, 1.82) is 0 Å². The molecule has 0 bridgehead atoms. The van der Waals surface area contributed by atoms with Crippen molar-refractivity contribution in [1.82, 2.24) is 0 Å². The van der Waals surface area contributed by atoms with Crippen molar-refractivity contribution in [2.75, 3.05) is 19.6 Å². The smallest absolute Gasteiger partial charge is 0.231 e. The molecule has 0 fully saturated rings. The van der Waals surface area contributed by atoms with Crippen molar-refractivity contribution in [3.8, 4) is 28.7 Å². The van der Waals surface area contributed by atoms with Gasteiger partial charge < -0.3 is 24.7 Å². The summed E-state index contributed by atoms with van der Waals surface area (Å²) in [6.45, 7) is 0.241. The summed E-state index contributed by atoms with van der Waals surface area (Å²) in [6.07, 6.45) is 0. The van der Waals surface area contributed by atoms with E-state index in [1.165, 1.54) is 0 Å². The molecule has 1 aliphatic heterocycles. The van der Waals surface area contributed by atoms with Crippen LogP contribution in [-0.4, -0.2) is 13.9 Å². The van der Waals surface area contributed by atoms with Gasteiger partial charge in [0.05, 0.1) is 7.11 Å². The van der Waals surface area contributed by atoms with E-state index in [9.17, 15) is 0 Å². The number of fused-ring (bicyclic) bond motifs is 1. The monoisotopic (exact) mass is 259 g/mol. The predicted octanol–water partition coefficient (Wildman–Crippen LogP) is 2.80.